The topological polar surface area (TPSA) is 86.1 Å². The van der Waals surface area contributed by atoms with E-state index in [-0.39, 0.29) is 16.3 Å². The van der Waals surface area contributed by atoms with E-state index in [0.29, 0.717) is 12.4 Å². The highest BCUT2D eigenvalue weighted by atomic mass is 35.5. The first-order valence-electron chi connectivity index (χ1n) is 6.59. The van der Waals surface area contributed by atoms with Crippen LogP contribution in [0.25, 0.3) is 0 Å². The van der Waals surface area contributed by atoms with Gasteiger partial charge in [0, 0.05) is 25.8 Å². The fourth-order valence-corrected chi connectivity index (χ4v) is 3.23. The molecule has 8 heteroatoms. The minimum Gasteiger partial charge on any atom is -0.369 e. The summed E-state index contributed by atoms with van der Waals surface area (Å²) in [5, 5.41) is 11.9. The van der Waals surface area contributed by atoms with Gasteiger partial charge in [-0.25, -0.2) is 13.4 Å². The van der Waals surface area contributed by atoms with Crippen molar-refractivity contribution >= 4 is 27.4 Å². The first-order valence-corrected chi connectivity index (χ1v) is 8.40. The van der Waals surface area contributed by atoms with Gasteiger partial charge >= 0.3 is 0 Å². The van der Waals surface area contributed by atoms with Crippen molar-refractivity contribution in [2.75, 3.05) is 18.9 Å². The normalized spacial score (nSPS) is 13.0. The van der Waals surface area contributed by atoms with Gasteiger partial charge in [-0.1, -0.05) is 18.5 Å². The molecule has 0 aromatic carbocycles. The van der Waals surface area contributed by atoms with Crippen LogP contribution in [0.5, 0.6) is 0 Å². The summed E-state index contributed by atoms with van der Waals surface area (Å²) in [4.78, 5) is 4.07. The van der Waals surface area contributed by atoms with Gasteiger partial charge in [0.2, 0.25) is 10.0 Å². The summed E-state index contributed by atoms with van der Waals surface area (Å²) in [6.07, 6.45) is 2.30. The minimum atomic E-state index is -3.71. The zero-order chi connectivity index (χ0) is 16.0. The molecule has 1 rings (SSSR count). The fourth-order valence-electron chi connectivity index (χ4n) is 1.60. The number of pyridine rings is 1. The first kappa shape index (κ1) is 17.7. The molecule has 0 amide bonds. The zero-order valence-corrected chi connectivity index (χ0v) is 13.9. The standard InChI is InChI=1S/C13H19ClN4O2S/c1-4-7-16-13-12(14)8-11(9-17-13)21(19,20)18(3)10(2)5-6-15/h8-10H,4-5,7H2,1-3H3,(H,16,17). The lowest BCUT2D eigenvalue weighted by molar-refractivity contribution is 0.393. The number of nitrogens with zero attached hydrogens (tertiary/aromatic N) is 3. The molecule has 1 heterocycles. The first-order chi connectivity index (χ1) is 9.84. The molecule has 0 saturated heterocycles. The van der Waals surface area contributed by atoms with E-state index in [1.165, 1.54) is 19.3 Å². The van der Waals surface area contributed by atoms with Gasteiger partial charge in [-0.2, -0.15) is 9.57 Å². The van der Waals surface area contributed by atoms with Crippen molar-refractivity contribution in [3.63, 3.8) is 0 Å². The number of anilines is 1. The van der Waals surface area contributed by atoms with E-state index in [1.807, 2.05) is 13.0 Å². The summed E-state index contributed by atoms with van der Waals surface area (Å²) < 4.78 is 26.0. The molecule has 0 radical (unpaired) electrons. The monoisotopic (exact) mass is 330 g/mol. The Morgan fingerprint density at radius 2 is 2.24 bits per heavy atom. The Morgan fingerprint density at radius 1 is 1.57 bits per heavy atom. The molecule has 0 aliphatic heterocycles. The highest BCUT2D eigenvalue weighted by molar-refractivity contribution is 7.89. The number of nitriles is 1. The Bertz CT molecular complexity index is 628. The molecule has 0 aliphatic carbocycles. The largest absolute Gasteiger partial charge is 0.369 e. The molecule has 6 nitrogen and oxygen atoms in total. The highest BCUT2D eigenvalue weighted by Crippen LogP contribution is 2.25. The summed E-state index contributed by atoms with van der Waals surface area (Å²) >= 11 is 6.06. The van der Waals surface area contributed by atoms with E-state index in [1.54, 1.807) is 6.92 Å². The molecule has 0 spiro atoms. The van der Waals surface area contributed by atoms with Gasteiger partial charge in [0.15, 0.2) is 0 Å². The molecule has 0 fully saturated rings. The van der Waals surface area contributed by atoms with E-state index in [9.17, 15) is 8.42 Å². The third kappa shape index (κ3) is 4.30. The summed E-state index contributed by atoms with van der Waals surface area (Å²) in [5.74, 6) is 0.463. The fraction of sp³-hybridized carbons (Fsp3) is 0.538. The second kappa shape index (κ2) is 7.59. The van der Waals surface area contributed by atoms with Crippen molar-refractivity contribution in [1.29, 1.82) is 5.26 Å². The van der Waals surface area contributed by atoms with Gasteiger partial charge in [0.1, 0.15) is 10.7 Å². The second-order valence-electron chi connectivity index (χ2n) is 4.66. The average molecular weight is 331 g/mol. The summed E-state index contributed by atoms with van der Waals surface area (Å²) in [5.41, 5.74) is 0. The molecule has 1 aromatic rings. The van der Waals surface area contributed by atoms with Crippen molar-refractivity contribution in [2.24, 2.45) is 0 Å². The van der Waals surface area contributed by atoms with Crippen molar-refractivity contribution in [3.8, 4) is 6.07 Å². The average Bonchev–Trinajstić information content (AvgIpc) is 2.45. The Morgan fingerprint density at radius 3 is 2.76 bits per heavy atom. The van der Waals surface area contributed by atoms with Crippen LogP contribution in [0, 0.1) is 11.3 Å². The molecule has 21 heavy (non-hydrogen) atoms. The SMILES string of the molecule is CCCNc1ncc(S(=O)(=O)N(C)C(C)CC#N)cc1Cl. The quantitative estimate of drug-likeness (QED) is 0.830. The van der Waals surface area contributed by atoms with Gasteiger partial charge in [0.05, 0.1) is 17.5 Å². The van der Waals surface area contributed by atoms with Gasteiger partial charge in [-0.15, -0.1) is 0 Å². The summed E-state index contributed by atoms with van der Waals surface area (Å²) in [7, 11) is -2.27. The highest BCUT2D eigenvalue weighted by Gasteiger charge is 2.26. The number of halogens is 1. The van der Waals surface area contributed by atoms with E-state index in [2.05, 4.69) is 10.3 Å². The molecule has 0 aliphatic rings. The second-order valence-corrected chi connectivity index (χ2v) is 7.07. The van der Waals surface area contributed by atoms with Crippen molar-refractivity contribution < 1.29 is 8.42 Å². The molecule has 1 N–H and O–H groups in total. The van der Waals surface area contributed by atoms with Crippen LogP contribution in [-0.2, 0) is 10.0 Å². The predicted octanol–water partition coefficient (Wildman–Crippen LogP) is 2.48. The minimum absolute atomic E-state index is 0.0156. The Kier molecular flexibility index (Phi) is 6.40. The van der Waals surface area contributed by atoms with Crippen LogP contribution < -0.4 is 5.32 Å². The van der Waals surface area contributed by atoms with Crippen LogP contribution >= 0.6 is 11.6 Å². The van der Waals surface area contributed by atoms with Gasteiger partial charge in [-0.05, 0) is 19.4 Å². The number of aromatic nitrogens is 1. The smallest absolute Gasteiger partial charge is 0.244 e. The van der Waals surface area contributed by atoms with Crippen LogP contribution in [0.15, 0.2) is 17.2 Å². The van der Waals surface area contributed by atoms with Crippen LogP contribution in [0.4, 0.5) is 5.82 Å². The lowest BCUT2D eigenvalue weighted by Crippen LogP contribution is -2.34. The third-order valence-electron chi connectivity index (χ3n) is 3.04. The molecule has 0 bridgehead atoms. The van der Waals surface area contributed by atoms with Crippen LogP contribution in [-0.4, -0.2) is 37.3 Å². The maximum absolute atomic E-state index is 12.4. The third-order valence-corrected chi connectivity index (χ3v) is 5.27. The predicted molar refractivity (Wildman–Crippen MR) is 82.7 cm³/mol. The lowest BCUT2D eigenvalue weighted by atomic mass is 10.3. The summed E-state index contributed by atoms with van der Waals surface area (Å²) in [6.45, 7) is 4.39. The van der Waals surface area contributed by atoms with Crippen molar-refractivity contribution in [2.45, 2.75) is 37.6 Å². The van der Waals surface area contributed by atoms with E-state index in [0.717, 1.165) is 10.7 Å². The molecule has 116 valence electrons. The van der Waals surface area contributed by atoms with Crippen molar-refractivity contribution in [3.05, 3.63) is 17.3 Å². The Hall–Kier alpha value is -1.36. The van der Waals surface area contributed by atoms with E-state index < -0.39 is 16.1 Å². The van der Waals surface area contributed by atoms with Crippen LogP contribution in [0.2, 0.25) is 5.02 Å². The molecule has 0 saturated carbocycles. The number of sulfonamides is 1. The Balaban J connectivity index is 3.04. The number of nitrogens with one attached hydrogen (secondary N) is 1. The van der Waals surface area contributed by atoms with E-state index >= 15 is 0 Å². The van der Waals surface area contributed by atoms with Gasteiger partial charge < -0.3 is 5.32 Å². The number of rotatable bonds is 7. The zero-order valence-electron chi connectivity index (χ0n) is 12.3. The van der Waals surface area contributed by atoms with E-state index in [4.69, 9.17) is 16.9 Å². The van der Waals surface area contributed by atoms with Gasteiger partial charge in [-0.3, -0.25) is 0 Å². The molecular formula is C13H19ClN4O2S. The van der Waals surface area contributed by atoms with Crippen LogP contribution in [0.3, 0.4) is 0 Å². The number of hydrogen-bond acceptors (Lipinski definition) is 5. The molecular weight excluding hydrogens is 312 g/mol. The molecule has 1 atom stereocenters. The molecule has 1 aromatic heterocycles. The number of hydrogen-bond donors (Lipinski definition) is 1. The Labute approximate surface area is 130 Å². The molecule has 1 unspecified atom stereocenters. The maximum Gasteiger partial charge on any atom is 0.244 e. The lowest BCUT2D eigenvalue weighted by Gasteiger charge is -2.22. The van der Waals surface area contributed by atoms with Crippen LogP contribution in [0.1, 0.15) is 26.7 Å². The van der Waals surface area contributed by atoms with Crippen molar-refractivity contribution in [1.82, 2.24) is 9.29 Å². The summed E-state index contributed by atoms with van der Waals surface area (Å²) in [6, 6.07) is 2.91. The maximum atomic E-state index is 12.4. The van der Waals surface area contributed by atoms with Gasteiger partial charge in [0.25, 0.3) is 0 Å².